The SMILES string of the molecule is COc1cc(F)c(-c2ccn(C)n2)cn1. The Bertz CT molecular complexity index is 481. The average molecular weight is 207 g/mol. The molecule has 2 heterocycles. The topological polar surface area (TPSA) is 39.9 Å². The Morgan fingerprint density at radius 3 is 2.80 bits per heavy atom. The van der Waals surface area contributed by atoms with Crippen molar-refractivity contribution in [2.24, 2.45) is 7.05 Å². The molecule has 0 saturated heterocycles. The molecule has 78 valence electrons. The molecule has 0 aliphatic carbocycles. The Morgan fingerprint density at radius 1 is 1.47 bits per heavy atom. The second kappa shape index (κ2) is 3.68. The maximum absolute atomic E-state index is 13.6. The van der Waals surface area contributed by atoms with Gasteiger partial charge in [0.05, 0.1) is 18.4 Å². The van der Waals surface area contributed by atoms with Crippen molar-refractivity contribution in [3.8, 4) is 17.1 Å². The Morgan fingerprint density at radius 2 is 2.27 bits per heavy atom. The maximum Gasteiger partial charge on any atom is 0.215 e. The van der Waals surface area contributed by atoms with Crippen LogP contribution in [0.5, 0.6) is 5.88 Å². The van der Waals surface area contributed by atoms with Crippen LogP contribution in [-0.4, -0.2) is 21.9 Å². The van der Waals surface area contributed by atoms with Crippen molar-refractivity contribution in [2.45, 2.75) is 0 Å². The predicted octanol–water partition coefficient (Wildman–Crippen LogP) is 1.63. The molecule has 0 bridgehead atoms. The standard InChI is InChI=1S/C10H10FN3O/c1-14-4-3-9(13-14)7-6-12-10(15-2)5-8(7)11/h3-6H,1-2H3. The van der Waals surface area contributed by atoms with Gasteiger partial charge in [-0.15, -0.1) is 0 Å². The summed E-state index contributed by atoms with van der Waals surface area (Å²) < 4.78 is 20.0. The Kier molecular flexibility index (Phi) is 2.37. The molecule has 2 rings (SSSR count). The van der Waals surface area contributed by atoms with E-state index >= 15 is 0 Å². The van der Waals surface area contributed by atoms with Gasteiger partial charge in [0.25, 0.3) is 0 Å². The summed E-state index contributed by atoms with van der Waals surface area (Å²) in [6.45, 7) is 0. The fourth-order valence-corrected chi connectivity index (χ4v) is 1.27. The summed E-state index contributed by atoms with van der Waals surface area (Å²) in [6, 6.07) is 2.97. The van der Waals surface area contributed by atoms with Crippen molar-refractivity contribution >= 4 is 0 Å². The molecular weight excluding hydrogens is 197 g/mol. The van der Waals surface area contributed by atoms with Crippen molar-refractivity contribution in [1.82, 2.24) is 14.8 Å². The van der Waals surface area contributed by atoms with Crippen LogP contribution in [-0.2, 0) is 7.05 Å². The second-order valence-corrected chi connectivity index (χ2v) is 3.08. The Labute approximate surface area is 86.3 Å². The van der Waals surface area contributed by atoms with Gasteiger partial charge in [0.15, 0.2) is 0 Å². The minimum atomic E-state index is -0.388. The van der Waals surface area contributed by atoms with E-state index in [1.54, 1.807) is 24.0 Å². The molecule has 4 nitrogen and oxygen atoms in total. The smallest absolute Gasteiger partial charge is 0.215 e. The molecule has 2 aromatic rings. The monoisotopic (exact) mass is 207 g/mol. The lowest BCUT2D eigenvalue weighted by Crippen LogP contribution is -1.93. The van der Waals surface area contributed by atoms with Crippen LogP contribution in [0, 0.1) is 5.82 Å². The zero-order valence-electron chi connectivity index (χ0n) is 8.44. The van der Waals surface area contributed by atoms with Crippen molar-refractivity contribution < 1.29 is 9.13 Å². The summed E-state index contributed by atoms with van der Waals surface area (Å²) in [7, 11) is 3.22. The zero-order chi connectivity index (χ0) is 10.8. The first kappa shape index (κ1) is 9.64. The number of aryl methyl sites for hydroxylation is 1. The number of hydrogen-bond donors (Lipinski definition) is 0. The van der Waals surface area contributed by atoms with Gasteiger partial charge in [0, 0.05) is 25.5 Å². The van der Waals surface area contributed by atoms with Gasteiger partial charge in [0.2, 0.25) is 5.88 Å². The van der Waals surface area contributed by atoms with Crippen LogP contribution in [0.25, 0.3) is 11.3 Å². The van der Waals surface area contributed by atoms with Crippen molar-refractivity contribution in [3.05, 3.63) is 30.3 Å². The van der Waals surface area contributed by atoms with Crippen LogP contribution in [0.2, 0.25) is 0 Å². The molecule has 5 heteroatoms. The minimum absolute atomic E-state index is 0.257. The van der Waals surface area contributed by atoms with E-state index in [2.05, 4.69) is 10.1 Å². The number of halogens is 1. The van der Waals surface area contributed by atoms with Crippen LogP contribution in [0.3, 0.4) is 0 Å². The lowest BCUT2D eigenvalue weighted by atomic mass is 10.2. The number of pyridine rings is 1. The molecule has 0 amide bonds. The largest absolute Gasteiger partial charge is 0.481 e. The summed E-state index contributed by atoms with van der Waals surface area (Å²) >= 11 is 0. The molecule has 2 aromatic heterocycles. The number of hydrogen-bond acceptors (Lipinski definition) is 3. The molecule has 0 spiro atoms. The minimum Gasteiger partial charge on any atom is -0.481 e. The average Bonchev–Trinajstić information content (AvgIpc) is 2.64. The molecule has 0 aliphatic rings. The van der Waals surface area contributed by atoms with E-state index < -0.39 is 0 Å². The van der Waals surface area contributed by atoms with Gasteiger partial charge in [0.1, 0.15) is 5.82 Å². The van der Waals surface area contributed by atoms with Gasteiger partial charge < -0.3 is 4.74 Å². The third kappa shape index (κ3) is 1.81. The molecule has 15 heavy (non-hydrogen) atoms. The molecule has 0 aromatic carbocycles. The number of ether oxygens (including phenoxy) is 1. The molecule has 0 unspecified atom stereocenters. The molecule has 0 radical (unpaired) electrons. The summed E-state index contributed by atoms with van der Waals surface area (Å²) in [4.78, 5) is 3.93. The fraction of sp³-hybridized carbons (Fsp3) is 0.200. The Hall–Kier alpha value is -1.91. The summed E-state index contributed by atoms with van der Waals surface area (Å²) in [5.41, 5.74) is 0.932. The normalized spacial score (nSPS) is 10.3. The summed E-state index contributed by atoms with van der Waals surface area (Å²) in [5.74, 6) is -0.132. The number of nitrogens with zero attached hydrogens (tertiary/aromatic N) is 3. The quantitative estimate of drug-likeness (QED) is 0.751. The highest BCUT2D eigenvalue weighted by Crippen LogP contribution is 2.22. The molecule has 0 saturated carbocycles. The third-order valence-electron chi connectivity index (χ3n) is 2.03. The van der Waals surface area contributed by atoms with E-state index in [1.165, 1.54) is 19.4 Å². The number of aromatic nitrogens is 3. The number of rotatable bonds is 2. The number of methoxy groups -OCH3 is 1. The van der Waals surface area contributed by atoms with E-state index in [-0.39, 0.29) is 11.7 Å². The van der Waals surface area contributed by atoms with Crippen molar-refractivity contribution in [2.75, 3.05) is 7.11 Å². The van der Waals surface area contributed by atoms with Crippen LogP contribution in [0.15, 0.2) is 24.5 Å². The predicted molar refractivity (Wildman–Crippen MR) is 52.9 cm³/mol. The van der Waals surface area contributed by atoms with Crippen LogP contribution in [0.1, 0.15) is 0 Å². The van der Waals surface area contributed by atoms with Gasteiger partial charge in [-0.1, -0.05) is 0 Å². The molecule has 0 aliphatic heterocycles. The Balaban J connectivity index is 2.45. The second-order valence-electron chi connectivity index (χ2n) is 3.08. The first-order valence-electron chi connectivity index (χ1n) is 4.40. The van der Waals surface area contributed by atoms with Crippen molar-refractivity contribution in [1.29, 1.82) is 0 Å². The lowest BCUT2D eigenvalue weighted by molar-refractivity contribution is 0.394. The van der Waals surface area contributed by atoms with Crippen LogP contribution < -0.4 is 4.74 Å². The first-order chi connectivity index (χ1) is 7.20. The molecule has 0 atom stereocenters. The van der Waals surface area contributed by atoms with Gasteiger partial charge >= 0.3 is 0 Å². The van der Waals surface area contributed by atoms with Crippen LogP contribution >= 0.6 is 0 Å². The zero-order valence-corrected chi connectivity index (χ0v) is 8.44. The van der Waals surface area contributed by atoms with E-state index in [4.69, 9.17) is 4.74 Å². The van der Waals surface area contributed by atoms with Gasteiger partial charge in [-0.2, -0.15) is 5.10 Å². The fourth-order valence-electron chi connectivity index (χ4n) is 1.27. The van der Waals surface area contributed by atoms with E-state index in [0.29, 0.717) is 11.3 Å². The van der Waals surface area contributed by atoms with E-state index in [1.807, 2.05) is 0 Å². The maximum atomic E-state index is 13.6. The first-order valence-corrected chi connectivity index (χ1v) is 4.40. The summed E-state index contributed by atoms with van der Waals surface area (Å²) in [6.07, 6.45) is 3.16. The van der Waals surface area contributed by atoms with Crippen LogP contribution in [0.4, 0.5) is 4.39 Å². The van der Waals surface area contributed by atoms with E-state index in [0.717, 1.165) is 0 Å². The highest BCUT2D eigenvalue weighted by atomic mass is 19.1. The third-order valence-corrected chi connectivity index (χ3v) is 2.03. The van der Waals surface area contributed by atoms with Crippen molar-refractivity contribution in [3.63, 3.8) is 0 Å². The van der Waals surface area contributed by atoms with Gasteiger partial charge in [-0.25, -0.2) is 9.37 Å². The van der Waals surface area contributed by atoms with Gasteiger partial charge in [-0.3, -0.25) is 4.68 Å². The lowest BCUT2D eigenvalue weighted by Gasteiger charge is -2.01. The van der Waals surface area contributed by atoms with E-state index in [9.17, 15) is 4.39 Å². The highest BCUT2D eigenvalue weighted by Gasteiger charge is 2.09. The van der Waals surface area contributed by atoms with Gasteiger partial charge in [-0.05, 0) is 6.07 Å². The summed E-state index contributed by atoms with van der Waals surface area (Å²) in [5, 5.41) is 4.09. The molecule has 0 N–H and O–H groups in total. The molecular formula is C10H10FN3O. The molecule has 0 fully saturated rings. The highest BCUT2D eigenvalue weighted by molar-refractivity contribution is 5.58.